The smallest absolute Gasteiger partial charge is 0.231 e. The largest absolute Gasteiger partial charge is 0.454 e. The molecule has 3 heterocycles. The summed E-state index contributed by atoms with van der Waals surface area (Å²) in [6, 6.07) is 6.16. The summed E-state index contributed by atoms with van der Waals surface area (Å²) in [6.45, 7) is 5.05. The van der Waals surface area contributed by atoms with E-state index >= 15 is 0 Å². The van der Waals surface area contributed by atoms with Crippen molar-refractivity contribution in [2.75, 3.05) is 33.0 Å². The molecule has 1 aromatic rings. The van der Waals surface area contributed by atoms with E-state index in [2.05, 4.69) is 21.9 Å². The molecule has 0 aromatic heterocycles. The summed E-state index contributed by atoms with van der Waals surface area (Å²) >= 11 is 0. The van der Waals surface area contributed by atoms with Gasteiger partial charge in [0.2, 0.25) is 12.7 Å². The zero-order valence-electron chi connectivity index (χ0n) is 14.9. The normalized spacial score (nSPS) is 24.2. The molecule has 2 fully saturated rings. The van der Waals surface area contributed by atoms with Crippen LogP contribution < -0.4 is 9.47 Å². The Kier molecular flexibility index (Phi) is 5.11. The summed E-state index contributed by atoms with van der Waals surface area (Å²) in [5.41, 5.74) is 1.23. The topological polar surface area (TPSA) is 42.0 Å². The van der Waals surface area contributed by atoms with Gasteiger partial charge >= 0.3 is 0 Å². The maximum Gasteiger partial charge on any atom is 0.231 e. The van der Waals surface area contributed by atoms with Gasteiger partial charge in [0.15, 0.2) is 11.5 Å². The van der Waals surface area contributed by atoms with Crippen LogP contribution in [0.5, 0.6) is 11.5 Å². The number of ether oxygens (including phenoxy) is 2. The van der Waals surface area contributed by atoms with Crippen LogP contribution in [-0.4, -0.2) is 48.7 Å². The van der Waals surface area contributed by atoms with Crippen LogP contribution in [0.1, 0.15) is 44.1 Å². The van der Waals surface area contributed by atoms with E-state index in [9.17, 15) is 4.79 Å². The van der Waals surface area contributed by atoms with Crippen molar-refractivity contribution in [3.63, 3.8) is 0 Å². The van der Waals surface area contributed by atoms with Crippen molar-refractivity contribution in [1.29, 1.82) is 0 Å². The number of carbonyl (C=O) groups excluding carboxylic acids is 1. The molecule has 1 amide bonds. The maximum absolute atomic E-state index is 12.9. The van der Waals surface area contributed by atoms with Crippen LogP contribution in [-0.2, 0) is 11.3 Å². The van der Waals surface area contributed by atoms with E-state index in [1.807, 2.05) is 6.07 Å². The monoisotopic (exact) mass is 344 g/mol. The lowest BCUT2D eigenvalue weighted by Crippen LogP contribution is -2.44. The van der Waals surface area contributed by atoms with Gasteiger partial charge in [-0.1, -0.05) is 18.9 Å². The second-order valence-corrected chi connectivity index (χ2v) is 7.50. The van der Waals surface area contributed by atoms with Crippen LogP contribution in [0.15, 0.2) is 18.2 Å². The van der Waals surface area contributed by atoms with Gasteiger partial charge in [0.1, 0.15) is 0 Å². The molecule has 0 spiro atoms. The molecule has 0 saturated carbocycles. The molecule has 3 aliphatic rings. The summed E-state index contributed by atoms with van der Waals surface area (Å²) in [5, 5.41) is 0. The highest BCUT2D eigenvalue weighted by Gasteiger charge is 2.29. The molecule has 4 rings (SSSR count). The van der Waals surface area contributed by atoms with Crippen molar-refractivity contribution in [1.82, 2.24) is 9.80 Å². The second kappa shape index (κ2) is 7.65. The summed E-state index contributed by atoms with van der Waals surface area (Å²) in [6.07, 6.45) is 7.01. The van der Waals surface area contributed by atoms with Crippen LogP contribution in [0.2, 0.25) is 0 Å². The molecule has 3 aliphatic heterocycles. The lowest BCUT2D eigenvalue weighted by molar-refractivity contribution is -0.137. The van der Waals surface area contributed by atoms with E-state index in [4.69, 9.17) is 9.47 Å². The predicted molar refractivity (Wildman–Crippen MR) is 95.6 cm³/mol. The Morgan fingerprint density at radius 2 is 1.80 bits per heavy atom. The molecule has 2 saturated heterocycles. The van der Waals surface area contributed by atoms with Crippen molar-refractivity contribution in [3.8, 4) is 11.5 Å². The SMILES string of the molecule is O=C([C@@H]1CCCN(Cc2ccc3c(c2)OCO3)C1)N1CCCCCC1. The molecular formula is C20H28N2O3. The number of rotatable bonds is 3. The highest BCUT2D eigenvalue weighted by atomic mass is 16.7. The average molecular weight is 344 g/mol. The Hall–Kier alpha value is -1.75. The van der Waals surface area contributed by atoms with Gasteiger partial charge in [-0.15, -0.1) is 0 Å². The van der Waals surface area contributed by atoms with Gasteiger partial charge in [-0.05, 0) is 49.9 Å². The van der Waals surface area contributed by atoms with E-state index < -0.39 is 0 Å². The van der Waals surface area contributed by atoms with Gasteiger partial charge in [-0.3, -0.25) is 9.69 Å². The van der Waals surface area contributed by atoms with E-state index in [0.29, 0.717) is 12.7 Å². The van der Waals surface area contributed by atoms with Gasteiger partial charge in [-0.2, -0.15) is 0 Å². The van der Waals surface area contributed by atoms with E-state index in [1.165, 1.54) is 31.2 Å². The molecule has 136 valence electrons. The number of hydrogen-bond acceptors (Lipinski definition) is 4. The van der Waals surface area contributed by atoms with Gasteiger partial charge in [0.05, 0.1) is 5.92 Å². The Balaban J connectivity index is 1.36. The molecule has 0 N–H and O–H groups in total. The minimum absolute atomic E-state index is 0.167. The first-order valence-electron chi connectivity index (χ1n) is 9.69. The number of carbonyl (C=O) groups is 1. The fraction of sp³-hybridized carbons (Fsp3) is 0.650. The molecule has 25 heavy (non-hydrogen) atoms. The third kappa shape index (κ3) is 3.92. The van der Waals surface area contributed by atoms with Crippen LogP contribution in [0.4, 0.5) is 0 Å². The Labute approximate surface area is 149 Å². The van der Waals surface area contributed by atoms with Crippen LogP contribution in [0, 0.1) is 5.92 Å². The van der Waals surface area contributed by atoms with E-state index in [-0.39, 0.29) is 5.92 Å². The Bertz CT molecular complexity index is 611. The van der Waals surface area contributed by atoms with Crippen LogP contribution >= 0.6 is 0 Å². The number of likely N-dealkylation sites (tertiary alicyclic amines) is 2. The molecule has 1 atom stereocenters. The first-order valence-corrected chi connectivity index (χ1v) is 9.69. The molecule has 0 unspecified atom stereocenters. The number of fused-ring (bicyclic) bond motifs is 1. The minimum atomic E-state index is 0.167. The van der Waals surface area contributed by atoms with Crippen molar-refractivity contribution < 1.29 is 14.3 Å². The summed E-state index contributed by atoms with van der Waals surface area (Å²) in [4.78, 5) is 17.5. The lowest BCUT2D eigenvalue weighted by atomic mass is 9.96. The van der Waals surface area contributed by atoms with Crippen LogP contribution in [0.25, 0.3) is 0 Å². The Morgan fingerprint density at radius 3 is 2.64 bits per heavy atom. The first kappa shape index (κ1) is 16.7. The molecule has 5 heteroatoms. The van der Waals surface area contributed by atoms with Crippen molar-refractivity contribution in [2.45, 2.75) is 45.1 Å². The van der Waals surface area contributed by atoms with Gasteiger partial charge < -0.3 is 14.4 Å². The predicted octanol–water partition coefficient (Wildman–Crippen LogP) is 3.03. The third-order valence-electron chi connectivity index (χ3n) is 5.62. The zero-order chi connectivity index (χ0) is 17.1. The summed E-state index contributed by atoms with van der Waals surface area (Å²) in [5.74, 6) is 2.22. The minimum Gasteiger partial charge on any atom is -0.454 e. The molecule has 0 bridgehead atoms. The fourth-order valence-corrected chi connectivity index (χ4v) is 4.25. The highest BCUT2D eigenvalue weighted by molar-refractivity contribution is 5.79. The molecule has 0 radical (unpaired) electrons. The maximum atomic E-state index is 12.9. The standard InChI is InChI=1S/C20H28N2O3/c23-20(22-10-3-1-2-4-11-22)17-6-5-9-21(14-17)13-16-7-8-18-19(12-16)25-15-24-18/h7-8,12,17H,1-6,9-11,13-15H2/t17-/m1/s1. The van der Waals surface area contributed by atoms with Crippen LogP contribution in [0.3, 0.4) is 0 Å². The number of amides is 1. The molecule has 1 aromatic carbocycles. The summed E-state index contributed by atoms with van der Waals surface area (Å²) < 4.78 is 10.9. The van der Waals surface area contributed by atoms with Gasteiger partial charge in [0, 0.05) is 26.2 Å². The number of nitrogens with zero attached hydrogens (tertiary/aromatic N) is 2. The second-order valence-electron chi connectivity index (χ2n) is 7.50. The third-order valence-corrected chi connectivity index (χ3v) is 5.62. The molecule has 5 nitrogen and oxygen atoms in total. The fourth-order valence-electron chi connectivity index (χ4n) is 4.25. The van der Waals surface area contributed by atoms with Crippen molar-refractivity contribution in [3.05, 3.63) is 23.8 Å². The number of benzene rings is 1. The van der Waals surface area contributed by atoms with Crippen molar-refractivity contribution in [2.24, 2.45) is 5.92 Å². The van der Waals surface area contributed by atoms with Gasteiger partial charge in [-0.25, -0.2) is 0 Å². The number of hydrogen-bond donors (Lipinski definition) is 0. The van der Waals surface area contributed by atoms with E-state index in [0.717, 1.165) is 57.1 Å². The lowest BCUT2D eigenvalue weighted by Gasteiger charge is -2.34. The van der Waals surface area contributed by atoms with Gasteiger partial charge in [0.25, 0.3) is 0 Å². The van der Waals surface area contributed by atoms with E-state index in [1.54, 1.807) is 0 Å². The summed E-state index contributed by atoms with van der Waals surface area (Å²) in [7, 11) is 0. The quantitative estimate of drug-likeness (QED) is 0.845. The highest BCUT2D eigenvalue weighted by Crippen LogP contribution is 2.33. The zero-order valence-corrected chi connectivity index (χ0v) is 14.9. The molecule has 0 aliphatic carbocycles. The molecular weight excluding hydrogens is 316 g/mol. The first-order chi connectivity index (χ1) is 12.3. The van der Waals surface area contributed by atoms with Crippen molar-refractivity contribution >= 4 is 5.91 Å². The average Bonchev–Trinajstić information content (AvgIpc) is 2.93. The number of piperidine rings is 1. The Morgan fingerprint density at radius 1 is 1.00 bits per heavy atom.